The first kappa shape index (κ1) is 23.1. The highest BCUT2D eigenvalue weighted by Crippen LogP contribution is 2.33. The number of H-pyrrole nitrogens is 1. The Labute approximate surface area is 216 Å². The zero-order chi connectivity index (χ0) is 25.4. The molecule has 37 heavy (non-hydrogen) atoms. The van der Waals surface area contributed by atoms with E-state index in [1.807, 2.05) is 53.4 Å². The maximum atomic E-state index is 13.4. The van der Waals surface area contributed by atoms with Crippen molar-refractivity contribution in [1.29, 1.82) is 0 Å². The number of anilines is 1. The summed E-state index contributed by atoms with van der Waals surface area (Å²) in [6, 6.07) is 15.2. The second-order valence-electron chi connectivity index (χ2n) is 9.09. The number of piperidine rings is 1. The number of nitrogens with zero attached hydrogens (tertiary/aromatic N) is 4. The van der Waals surface area contributed by atoms with Crippen molar-refractivity contribution in [3.8, 4) is 11.3 Å². The van der Waals surface area contributed by atoms with E-state index in [-0.39, 0.29) is 17.7 Å². The molecule has 2 amide bonds. The Kier molecular flexibility index (Phi) is 6.01. The van der Waals surface area contributed by atoms with Crippen LogP contribution in [-0.4, -0.2) is 50.1 Å². The topological polar surface area (TPSA) is 117 Å². The molecule has 1 saturated heterocycles. The van der Waals surface area contributed by atoms with Crippen LogP contribution in [0.25, 0.3) is 22.2 Å². The van der Waals surface area contributed by atoms with E-state index < -0.39 is 0 Å². The number of thiazole rings is 1. The summed E-state index contributed by atoms with van der Waals surface area (Å²) in [4.78, 5) is 32.7. The Bertz CT molecular complexity index is 1580. The summed E-state index contributed by atoms with van der Waals surface area (Å²) >= 11 is 1.49. The molecule has 1 fully saturated rings. The molecule has 2 N–H and O–H groups in total. The summed E-state index contributed by atoms with van der Waals surface area (Å²) in [7, 11) is 0. The molecule has 9 nitrogen and oxygen atoms in total. The van der Waals surface area contributed by atoms with Gasteiger partial charge in [0.25, 0.3) is 11.8 Å². The van der Waals surface area contributed by atoms with Crippen LogP contribution in [0.3, 0.4) is 0 Å². The number of nitrogens with one attached hydrogen (secondary N) is 2. The predicted molar refractivity (Wildman–Crippen MR) is 141 cm³/mol. The van der Waals surface area contributed by atoms with Gasteiger partial charge in [0.15, 0.2) is 0 Å². The van der Waals surface area contributed by atoms with E-state index >= 15 is 0 Å². The maximum Gasteiger partial charge on any atom is 0.275 e. The van der Waals surface area contributed by atoms with Crippen molar-refractivity contribution in [3.63, 3.8) is 0 Å². The van der Waals surface area contributed by atoms with Crippen LogP contribution in [0.1, 0.15) is 50.4 Å². The minimum atomic E-state index is -0.245. The fraction of sp³-hybridized carbons (Fsp3) is 0.222. The number of amides is 2. The molecule has 186 valence electrons. The van der Waals surface area contributed by atoms with Gasteiger partial charge in [0.1, 0.15) is 22.7 Å². The minimum absolute atomic E-state index is 0.0653. The van der Waals surface area contributed by atoms with Gasteiger partial charge in [0.05, 0.1) is 16.7 Å². The highest BCUT2D eigenvalue weighted by molar-refractivity contribution is 7.10. The van der Waals surface area contributed by atoms with Crippen molar-refractivity contribution in [3.05, 3.63) is 82.1 Å². The van der Waals surface area contributed by atoms with Crippen LogP contribution in [0.5, 0.6) is 0 Å². The van der Waals surface area contributed by atoms with Crippen molar-refractivity contribution in [2.24, 2.45) is 0 Å². The van der Waals surface area contributed by atoms with Crippen LogP contribution in [0.2, 0.25) is 0 Å². The smallest absolute Gasteiger partial charge is 0.275 e. The molecular formula is C27H24N6O3S. The molecule has 5 aromatic rings. The number of carbonyl (C=O) groups excluding carboxylic acids is 2. The number of rotatable bonds is 5. The van der Waals surface area contributed by atoms with Gasteiger partial charge in [-0.05, 0) is 38.0 Å². The molecule has 4 heterocycles. The molecule has 0 bridgehead atoms. The van der Waals surface area contributed by atoms with E-state index in [9.17, 15) is 9.59 Å². The van der Waals surface area contributed by atoms with Gasteiger partial charge in [-0.3, -0.25) is 14.7 Å². The molecule has 1 aliphatic rings. The number of hydrogen-bond acceptors (Lipinski definition) is 7. The Morgan fingerprint density at radius 3 is 2.76 bits per heavy atom. The number of benzene rings is 2. The third-order valence-corrected chi connectivity index (χ3v) is 7.72. The van der Waals surface area contributed by atoms with Gasteiger partial charge in [-0.2, -0.15) is 5.10 Å². The highest BCUT2D eigenvalue weighted by Gasteiger charge is 2.31. The summed E-state index contributed by atoms with van der Waals surface area (Å²) in [5.41, 5.74) is 3.89. The van der Waals surface area contributed by atoms with E-state index in [0.717, 1.165) is 34.3 Å². The lowest BCUT2D eigenvalue weighted by Crippen LogP contribution is -2.38. The Morgan fingerprint density at radius 1 is 1.14 bits per heavy atom. The first-order valence-electron chi connectivity index (χ1n) is 12.1. The molecule has 0 unspecified atom stereocenters. The van der Waals surface area contributed by atoms with E-state index in [4.69, 9.17) is 4.52 Å². The second kappa shape index (κ2) is 9.62. The number of carbonyl (C=O) groups is 2. The van der Waals surface area contributed by atoms with Gasteiger partial charge in [0, 0.05) is 41.0 Å². The molecule has 0 radical (unpaired) electrons. The number of aromatic amines is 1. The van der Waals surface area contributed by atoms with Gasteiger partial charge >= 0.3 is 0 Å². The average molecular weight is 513 g/mol. The number of aryl methyl sites for hydroxylation is 1. The van der Waals surface area contributed by atoms with Gasteiger partial charge in [-0.15, -0.1) is 11.3 Å². The van der Waals surface area contributed by atoms with Crippen LogP contribution in [-0.2, 0) is 0 Å². The van der Waals surface area contributed by atoms with Crippen LogP contribution in [0, 0.1) is 6.92 Å². The summed E-state index contributed by atoms with van der Waals surface area (Å²) in [6.07, 6.45) is 3.30. The minimum Gasteiger partial charge on any atom is -0.360 e. The van der Waals surface area contributed by atoms with Crippen molar-refractivity contribution in [2.75, 3.05) is 18.4 Å². The Morgan fingerprint density at radius 2 is 1.95 bits per heavy atom. The largest absolute Gasteiger partial charge is 0.360 e. The lowest BCUT2D eigenvalue weighted by Gasteiger charge is -2.31. The fourth-order valence-electron chi connectivity index (χ4n) is 4.69. The molecule has 2 aromatic carbocycles. The highest BCUT2D eigenvalue weighted by atomic mass is 32.1. The molecule has 3 aromatic heterocycles. The zero-order valence-electron chi connectivity index (χ0n) is 20.1. The third kappa shape index (κ3) is 4.51. The molecule has 0 spiro atoms. The first-order chi connectivity index (χ1) is 18.1. The van der Waals surface area contributed by atoms with E-state index in [1.165, 1.54) is 11.3 Å². The lowest BCUT2D eigenvalue weighted by molar-refractivity contribution is 0.0711. The van der Waals surface area contributed by atoms with E-state index in [0.29, 0.717) is 41.5 Å². The summed E-state index contributed by atoms with van der Waals surface area (Å²) in [5.74, 6) is 0.414. The molecule has 0 saturated carbocycles. The molecule has 0 atom stereocenters. The number of fused-ring (bicyclic) bond motifs is 1. The van der Waals surface area contributed by atoms with Gasteiger partial charge in [-0.25, -0.2) is 4.98 Å². The predicted octanol–water partition coefficient (Wildman–Crippen LogP) is 5.25. The molecule has 10 heteroatoms. The molecule has 0 aliphatic carbocycles. The zero-order valence-corrected chi connectivity index (χ0v) is 20.9. The molecule has 1 aliphatic heterocycles. The SMILES string of the molecule is Cc1onc(-c2ccccc2)c1C(=O)N1CCC(c2nc(C(=O)Nc3ccc4cn[nH]c4c3)cs2)CC1. The summed E-state index contributed by atoms with van der Waals surface area (Å²) in [5, 5.41) is 17.7. The van der Waals surface area contributed by atoms with Crippen LogP contribution in [0.4, 0.5) is 5.69 Å². The average Bonchev–Trinajstić information content (AvgIpc) is 3.68. The Hall–Kier alpha value is -4.31. The number of hydrogen-bond donors (Lipinski definition) is 2. The lowest BCUT2D eigenvalue weighted by atomic mass is 9.96. The standard InChI is InChI=1S/C27H24N6O3S/c1-16-23(24(32-36-16)17-5-3-2-4-6-17)27(35)33-11-9-18(10-12-33)26-30-22(15-37-26)25(34)29-20-8-7-19-14-28-31-21(19)13-20/h2-8,13-15,18H,9-12H2,1H3,(H,28,31)(H,29,34). The monoisotopic (exact) mass is 512 g/mol. The van der Waals surface area contributed by atoms with Crippen molar-refractivity contribution in [2.45, 2.75) is 25.7 Å². The van der Waals surface area contributed by atoms with E-state index in [2.05, 4.69) is 25.7 Å². The van der Waals surface area contributed by atoms with Crippen molar-refractivity contribution in [1.82, 2.24) is 25.2 Å². The van der Waals surface area contributed by atoms with Crippen LogP contribution < -0.4 is 5.32 Å². The van der Waals surface area contributed by atoms with E-state index in [1.54, 1.807) is 18.5 Å². The first-order valence-corrected chi connectivity index (χ1v) is 13.0. The number of aromatic nitrogens is 4. The van der Waals surface area contributed by atoms with Crippen LogP contribution in [0.15, 0.2) is 64.6 Å². The van der Waals surface area contributed by atoms with Crippen molar-refractivity contribution >= 4 is 39.7 Å². The number of likely N-dealkylation sites (tertiary alicyclic amines) is 1. The summed E-state index contributed by atoms with van der Waals surface area (Å²) in [6.45, 7) is 2.98. The fourth-order valence-corrected chi connectivity index (χ4v) is 5.67. The third-order valence-electron chi connectivity index (χ3n) is 6.71. The Balaban J connectivity index is 1.10. The second-order valence-corrected chi connectivity index (χ2v) is 9.98. The van der Waals surface area contributed by atoms with Crippen LogP contribution >= 0.6 is 11.3 Å². The van der Waals surface area contributed by atoms with Gasteiger partial charge in [0.2, 0.25) is 0 Å². The van der Waals surface area contributed by atoms with Crippen molar-refractivity contribution < 1.29 is 14.1 Å². The molecular weight excluding hydrogens is 488 g/mol. The normalized spacial score (nSPS) is 14.2. The summed E-state index contributed by atoms with van der Waals surface area (Å²) < 4.78 is 5.39. The van der Waals surface area contributed by atoms with Gasteiger partial charge in [-0.1, -0.05) is 35.5 Å². The van der Waals surface area contributed by atoms with Gasteiger partial charge < -0.3 is 14.7 Å². The quantitative estimate of drug-likeness (QED) is 0.332. The molecule has 6 rings (SSSR count). The maximum absolute atomic E-state index is 13.4.